The molecule has 1 aliphatic carbocycles. The lowest BCUT2D eigenvalue weighted by atomic mass is 10.4. The molecule has 0 aromatic heterocycles. The molecule has 2 rings (SSSR count). The molecule has 88 valence electrons. The molecular formula is C10H11Br2NO2S. The second kappa shape index (κ2) is 4.40. The van der Waals surface area contributed by atoms with E-state index in [1.54, 1.807) is 18.2 Å². The monoisotopic (exact) mass is 367 g/mol. The third-order valence-electron chi connectivity index (χ3n) is 2.60. The number of benzene rings is 1. The van der Waals surface area contributed by atoms with Crippen LogP contribution in [0.5, 0.6) is 0 Å². The van der Waals surface area contributed by atoms with Gasteiger partial charge >= 0.3 is 0 Å². The van der Waals surface area contributed by atoms with Gasteiger partial charge in [0.25, 0.3) is 0 Å². The largest absolute Gasteiger partial charge is 0.241 e. The fourth-order valence-electron chi connectivity index (χ4n) is 1.43. The molecule has 1 N–H and O–H groups in total. The SMILES string of the molecule is CC1CC1NS(=O)(=O)c1cc(Br)ccc1Br. The lowest BCUT2D eigenvalue weighted by Crippen LogP contribution is -2.27. The Balaban J connectivity index is 2.31. The summed E-state index contributed by atoms with van der Waals surface area (Å²) in [6.45, 7) is 2.03. The third kappa shape index (κ3) is 2.67. The zero-order chi connectivity index (χ0) is 11.9. The normalized spacial score (nSPS) is 24.4. The van der Waals surface area contributed by atoms with Crippen molar-refractivity contribution in [3.05, 3.63) is 27.1 Å². The number of hydrogen-bond donors (Lipinski definition) is 1. The van der Waals surface area contributed by atoms with Crippen LogP contribution in [0.25, 0.3) is 0 Å². The van der Waals surface area contributed by atoms with Gasteiger partial charge in [0.1, 0.15) is 0 Å². The first kappa shape index (κ1) is 12.5. The fraction of sp³-hybridized carbons (Fsp3) is 0.400. The molecule has 3 nitrogen and oxygen atoms in total. The van der Waals surface area contributed by atoms with E-state index in [0.717, 1.165) is 10.9 Å². The molecule has 1 aromatic rings. The highest BCUT2D eigenvalue weighted by Crippen LogP contribution is 2.32. The average molecular weight is 369 g/mol. The summed E-state index contributed by atoms with van der Waals surface area (Å²) in [5.41, 5.74) is 0. The van der Waals surface area contributed by atoms with Crippen LogP contribution in [0.1, 0.15) is 13.3 Å². The number of nitrogens with one attached hydrogen (secondary N) is 1. The molecule has 1 fully saturated rings. The summed E-state index contributed by atoms with van der Waals surface area (Å²) >= 11 is 6.52. The van der Waals surface area contributed by atoms with Gasteiger partial charge in [-0.1, -0.05) is 22.9 Å². The van der Waals surface area contributed by atoms with Crippen LogP contribution < -0.4 is 4.72 Å². The predicted octanol–water partition coefficient (Wildman–Crippen LogP) is 2.90. The van der Waals surface area contributed by atoms with Crippen LogP contribution in [0.3, 0.4) is 0 Å². The Morgan fingerprint density at radius 2 is 2.00 bits per heavy atom. The van der Waals surface area contributed by atoms with Crippen LogP contribution in [0.2, 0.25) is 0 Å². The summed E-state index contributed by atoms with van der Waals surface area (Å²) in [5.74, 6) is 0.445. The Kier molecular flexibility index (Phi) is 3.45. The molecule has 0 heterocycles. The van der Waals surface area contributed by atoms with Gasteiger partial charge in [0.05, 0.1) is 4.90 Å². The standard InChI is InChI=1S/C10H11Br2NO2S/c1-6-4-9(6)13-16(14,15)10-5-7(11)2-3-8(10)12/h2-3,5-6,9,13H,4H2,1H3. The summed E-state index contributed by atoms with van der Waals surface area (Å²) < 4.78 is 28.1. The minimum absolute atomic E-state index is 0.0934. The molecule has 16 heavy (non-hydrogen) atoms. The smallest absolute Gasteiger partial charge is 0.208 e. The van der Waals surface area contributed by atoms with E-state index >= 15 is 0 Å². The van der Waals surface area contributed by atoms with Crippen LogP contribution in [-0.4, -0.2) is 14.5 Å². The summed E-state index contributed by atoms with van der Waals surface area (Å²) in [6.07, 6.45) is 0.921. The molecule has 0 radical (unpaired) electrons. The van der Waals surface area contributed by atoms with E-state index in [-0.39, 0.29) is 10.9 Å². The van der Waals surface area contributed by atoms with E-state index in [0.29, 0.717) is 10.4 Å². The van der Waals surface area contributed by atoms with Crippen molar-refractivity contribution in [2.45, 2.75) is 24.3 Å². The van der Waals surface area contributed by atoms with Gasteiger partial charge in [0.15, 0.2) is 0 Å². The first-order valence-electron chi connectivity index (χ1n) is 4.87. The third-order valence-corrected chi connectivity index (χ3v) is 5.58. The maximum Gasteiger partial charge on any atom is 0.241 e. The maximum atomic E-state index is 12.0. The van der Waals surface area contributed by atoms with E-state index < -0.39 is 10.0 Å². The molecule has 0 aliphatic heterocycles. The zero-order valence-electron chi connectivity index (χ0n) is 8.57. The molecule has 2 unspecified atom stereocenters. The van der Waals surface area contributed by atoms with Gasteiger partial charge in [-0.25, -0.2) is 13.1 Å². The molecule has 1 aromatic carbocycles. The number of halogens is 2. The van der Waals surface area contributed by atoms with E-state index in [4.69, 9.17) is 0 Å². The van der Waals surface area contributed by atoms with Crippen molar-refractivity contribution >= 4 is 41.9 Å². The molecule has 1 aliphatic rings. The number of rotatable bonds is 3. The van der Waals surface area contributed by atoms with Gasteiger partial charge in [0.2, 0.25) is 10.0 Å². The Hall–Kier alpha value is 0.0900. The van der Waals surface area contributed by atoms with E-state index in [2.05, 4.69) is 36.6 Å². The topological polar surface area (TPSA) is 46.2 Å². The molecule has 0 bridgehead atoms. The Labute approximate surface area is 112 Å². The van der Waals surface area contributed by atoms with Crippen molar-refractivity contribution in [3.63, 3.8) is 0 Å². The molecule has 1 saturated carbocycles. The second-order valence-corrected chi connectivity index (χ2v) is 7.47. The van der Waals surface area contributed by atoms with Crippen molar-refractivity contribution in [2.24, 2.45) is 5.92 Å². The molecule has 0 amide bonds. The highest BCUT2D eigenvalue weighted by Gasteiger charge is 2.36. The first-order valence-corrected chi connectivity index (χ1v) is 7.94. The fourth-order valence-corrected chi connectivity index (χ4v) is 4.29. The molecular weight excluding hydrogens is 358 g/mol. The van der Waals surface area contributed by atoms with Gasteiger partial charge < -0.3 is 0 Å². The van der Waals surface area contributed by atoms with E-state index in [9.17, 15) is 8.42 Å². The minimum Gasteiger partial charge on any atom is -0.208 e. The highest BCUT2D eigenvalue weighted by atomic mass is 79.9. The Bertz CT molecular complexity index is 516. The van der Waals surface area contributed by atoms with Crippen molar-refractivity contribution in [1.82, 2.24) is 4.72 Å². The summed E-state index contributed by atoms with van der Waals surface area (Å²) in [7, 11) is -3.41. The predicted molar refractivity (Wildman–Crippen MR) is 69.7 cm³/mol. The van der Waals surface area contributed by atoms with Crippen molar-refractivity contribution < 1.29 is 8.42 Å². The van der Waals surface area contributed by atoms with Crippen LogP contribution in [0.4, 0.5) is 0 Å². The summed E-state index contributed by atoms with van der Waals surface area (Å²) in [6, 6.07) is 5.20. The van der Waals surface area contributed by atoms with Crippen LogP contribution in [-0.2, 0) is 10.0 Å². The Morgan fingerprint density at radius 1 is 1.38 bits per heavy atom. The lowest BCUT2D eigenvalue weighted by molar-refractivity contribution is 0.578. The lowest BCUT2D eigenvalue weighted by Gasteiger charge is -2.08. The average Bonchev–Trinajstić information content (AvgIpc) is 2.85. The van der Waals surface area contributed by atoms with Crippen LogP contribution >= 0.6 is 31.9 Å². The van der Waals surface area contributed by atoms with Gasteiger partial charge in [-0.3, -0.25) is 0 Å². The van der Waals surface area contributed by atoms with Crippen LogP contribution in [0.15, 0.2) is 32.0 Å². The molecule has 6 heteroatoms. The van der Waals surface area contributed by atoms with Crippen LogP contribution in [0, 0.1) is 5.92 Å². The van der Waals surface area contributed by atoms with Gasteiger partial charge in [0, 0.05) is 15.0 Å². The second-order valence-electron chi connectivity index (χ2n) is 4.02. The quantitative estimate of drug-likeness (QED) is 0.891. The number of hydrogen-bond acceptors (Lipinski definition) is 2. The van der Waals surface area contributed by atoms with Crippen molar-refractivity contribution in [3.8, 4) is 0 Å². The van der Waals surface area contributed by atoms with Crippen molar-refractivity contribution in [1.29, 1.82) is 0 Å². The van der Waals surface area contributed by atoms with E-state index in [1.807, 2.05) is 6.92 Å². The first-order chi connectivity index (χ1) is 7.40. The van der Waals surface area contributed by atoms with Gasteiger partial charge in [-0.15, -0.1) is 0 Å². The molecule has 2 atom stereocenters. The summed E-state index contributed by atoms with van der Waals surface area (Å²) in [5, 5.41) is 0. The van der Waals surface area contributed by atoms with Crippen molar-refractivity contribution in [2.75, 3.05) is 0 Å². The maximum absolute atomic E-state index is 12.0. The minimum atomic E-state index is -3.41. The highest BCUT2D eigenvalue weighted by molar-refractivity contribution is 9.11. The Morgan fingerprint density at radius 3 is 2.56 bits per heavy atom. The van der Waals surface area contributed by atoms with Gasteiger partial charge in [-0.2, -0.15) is 0 Å². The number of sulfonamides is 1. The molecule has 0 spiro atoms. The van der Waals surface area contributed by atoms with E-state index in [1.165, 1.54) is 0 Å². The molecule has 0 saturated heterocycles. The zero-order valence-corrected chi connectivity index (χ0v) is 12.6. The van der Waals surface area contributed by atoms with Gasteiger partial charge in [-0.05, 0) is 46.5 Å². The summed E-state index contributed by atoms with van der Waals surface area (Å²) in [4.78, 5) is 0.279.